The molecular weight excluding hydrogens is 232 g/mol. The Hall–Kier alpha value is -2.45. The number of hydrogen-bond donors (Lipinski definition) is 2. The fourth-order valence-corrected chi connectivity index (χ4v) is 2.00. The van der Waals surface area contributed by atoms with Gasteiger partial charge in [0, 0.05) is 6.42 Å². The number of fused-ring (bicyclic) bond motifs is 1. The second-order valence-corrected chi connectivity index (χ2v) is 4.07. The number of aldehydes is 1. The number of nitrogens with zero attached hydrogens (tertiary/aromatic N) is 1. The first-order valence-corrected chi connectivity index (χ1v) is 5.27. The van der Waals surface area contributed by atoms with Crippen LogP contribution < -0.4 is 5.73 Å². The van der Waals surface area contributed by atoms with Gasteiger partial charge in [-0.3, -0.25) is 9.59 Å². The minimum Gasteiger partial charge on any atom is -0.378 e. The Bertz CT molecular complexity index is 611. The van der Waals surface area contributed by atoms with Gasteiger partial charge >= 0.3 is 0 Å². The van der Waals surface area contributed by atoms with Crippen LogP contribution >= 0.6 is 0 Å². The largest absolute Gasteiger partial charge is 0.378 e. The van der Waals surface area contributed by atoms with Gasteiger partial charge < -0.3 is 10.8 Å². The van der Waals surface area contributed by atoms with Gasteiger partial charge in [-0.05, 0) is 40.5 Å². The molecule has 0 heterocycles. The zero-order valence-electron chi connectivity index (χ0n) is 9.38. The number of primary amides is 1. The topological polar surface area (TPSA) is 104 Å². The Morgan fingerprint density at radius 2 is 2.28 bits per heavy atom. The average molecular weight is 242 g/mol. The Kier molecular flexibility index (Phi) is 2.96. The van der Waals surface area contributed by atoms with Crippen molar-refractivity contribution in [2.45, 2.75) is 12.5 Å². The summed E-state index contributed by atoms with van der Waals surface area (Å²) in [5, 5.41) is 18.6. The van der Waals surface area contributed by atoms with Crippen LogP contribution in [0, 0.1) is 11.3 Å². The maximum Gasteiger partial charge on any atom is 0.250 e. The van der Waals surface area contributed by atoms with E-state index in [2.05, 4.69) is 0 Å². The highest BCUT2D eigenvalue weighted by Crippen LogP contribution is 2.30. The number of carbonyl (C=O) groups is 2. The number of aliphatic hydroxyl groups excluding tert-OH is 1. The predicted molar refractivity (Wildman–Crippen MR) is 63.1 cm³/mol. The van der Waals surface area contributed by atoms with E-state index in [-0.39, 0.29) is 5.56 Å². The van der Waals surface area contributed by atoms with E-state index < -0.39 is 12.0 Å². The number of hydrogen-bond acceptors (Lipinski definition) is 4. The molecule has 0 aliphatic heterocycles. The molecule has 90 valence electrons. The van der Waals surface area contributed by atoms with Gasteiger partial charge in [0.25, 0.3) is 5.91 Å². The zero-order chi connectivity index (χ0) is 13.3. The van der Waals surface area contributed by atoms with Crippen molar-refractivity contribution in [3.63, 3.8) is 0 Å². The molecular formula is C13H10N2O3. The number of rotatable bonds is 3. The minimum atomic E-state index is -1.45. The van der Waals surface area contributed by atoms with E-state index in [4.69, 9.17) is 11.0 Å². The molecule has 1 unspecified atom stereocenters. The molecule has 1 aliphatic rings. The van der Waals surface area contributed by atoms with Crippen molar-refractivity contribution >= 4 is 18.3 Å². The third kappa shape index (κ3) is 1.90. The van der Waals surface area contributed by atoms with Gasteiger partial charge in [0.1, 0.15) is 6.29 Å². The van der Waals surface area contributed by atoms with Gasteiger partial charge in [-0.1, -0.05) is 0 Å². The fourth-order valence-electron chi connectivity index (χ4n) is 2.00. The van der Waals surface area contributed by atoms with Crippen LogP contribution in [0.3, 0.4) is 0 Å². The van der Waals surface area contributed by atoms with E-state index in [9.17, 15) is 14.7 Å². The van der Waals surface area contributed by atoms with Gasteiger partial charge in [-0.25, -0.2) is 0 Å². The van der Waals surface area contributed by atoms with Crippen molar-refractivity contribution in [3.8, 4) is 6.07 Å². The van der Waals surface area contributed by atoms with Crippen LogP contribution in [0.5, 0.6) is 0 Å². The molecule has 0 radical (unpaired) electrons. The molecule has 1 aliphatic carbocycles. The van der Waals surface area contributed by atoms with Gasteiger partial charge in [-0.2, -0.15) is 5.26 Å². The molecule has 0 saturated heterocycles. The van der Waals surface area contributed by atoms with E-state index in [0.29, 0.717) is 23.1 Å². The molecule has 0 spiro atoms. The van der Waals surface area contributed by atoms with Crippen molar-refractivity contribution < 1.29 is 14.7 Å². The molecule has 0 fully saturated rings. The van der Waals surface area contributed by atoms with Crippen molar-refractivity contribution in [1.29, 1.82) is 5.26 Å². The highest BCUT2D eigenvalue weighted by Gasteiger charge is 2.21. The van der Waals surface area contributed by atoms with Crippen LogP contribution in [-0.4, -0.2) is 17.3 Å². The second-order valence-electron chi connectivity index (χ2n) is 4.07. The van der Waals surface area contributed by atoms with Crippen molar-refractivity contribution in [3.05, 3.63) is 40.0 Å². The van der Waals surface area contributed by atoms with Crippen molar-refractivity contribution in [2.75, 3.05) is 0 Å². The third-order valence-electron chi connectivity index (χ3n) is 2.89. The molecule has 0 bridgehead atoms. The van der Waals surface area contributed by atoms with E-state index in [1.165, 1.54) is 6.07 Å². The number of allylic oxidation sites excluding steroid dienone is 1. The zero-order valence-corrected chi connectivity index (χ0v) is 9.38. The first-order valence-electron chi connectivity index (χ1n) is 5.27. The molecule has 0 saturated carbocycles. The highest BCUT2D eigenvalue weighted by atomic mass is 16.3. The standard InChI is InChI=1S/C13H10N2O3/c14-5-10-4-9(12(17)13(15)18)3-8-1-7(6-16)2-11(8)10/h1,3-4,6,12,17H,2H2,(H2,15,18). The molecule has 1 atom stereocenters. The summed E-state index contributed by atoms with van der Waals surface area (Å²) in [5.41, 5.74) is 7.59. The number of aliphatic hydroxyl groups is 1. The van der Waals surface area contributed by atoms with Crippen molar-refractivity contribution in [1.82, 2.24) is 0 Å². The lowest BCUT2D eigenvalue weighted by atomic mass is 9.97. The van der Waals surface area contributed by atoms with Crippen LogP contribution in [0.15, 0.2) is 17.7 Å². The quantitative estimate of drug-likeness (QED) is 0.739. The van der Waals surface area contributed by atoms with Gasteiger partial charge in [-0.15, -0.1) is 0 Å². The normalized spacial score (nSPS) is 14.3. The van der Waals surface area contributed by atoms with Crippen LogP contribution in [0.25, 0.3) is 6.08 Å². The third-order valence-corrected chi connectivity index (χ3v) is 2.89. The van der Waals surface area contributed by atoms with E-state index in [1.54, 1.807) is 12.1 Å². The van der Waals surface area contributed by atoms with Gasteiger partial charge in [0.15, 0.2) is 6.10 Å². The van der Waals surface area contributed by atoms with Crippen LogP contribution in [0.4, 0.5) is 0 Å². The number of nitriles is 1. The number of benzene rings is 1. The van der Waals surface area contributed by atoms with Crippen LogP contribution in [0.1, 0.15) is 28.4 Å². The molecule has 3 N–H and O–H groups in total. The summed E-state index contributed by atoms with van der Waals surface area (Å²) in [6.07, 6.45) is 1.32. The Morgan fingerprint density at radius 1 is 1.56 bits per heavy atom. The molecule has 5 heteroatoms. The Morgan fingerprint density at radius 3 is 2.83 bits per heavy atom. The number of carbonyl (C=O) groups excluding carboxylic acids is 2. The molecule has 1 aromatic rings. The minimum absolute atomic E-state index is 0.265. The van der Waals surface area contributed by atoms with Gasteiger partial charge in [0.05, 0.1) is 11.6 Å². The summed E-state index contributed by atoms with van der Waals surface area (Å²) in [6, 6.07) is 4.99. The summed E-state index contributed by atoms with van der Waals surface area (Å²) in [7, 11) is 0. The average Bonchev–Trinajstić information content (AvgIpc) is 2.79. The fraction of sp³-hybridized carbons (Fsp3) is 0.154. The van der Waals surface area contributed by atoms with Gasteiger partial charge in [0.2, 0.25) is 0 Å². The molecule has 2 rings (SSSR count). The molecule has 1 amide bonds. The lowest BCUT2D eigenvalue weighted by molar-refractivity contribution is -0.126. The van der Waals surface area contributed by atoms with Crippen molar-refractivity contribution in [2.24, 2.45) is 5.73 Å². The maximum atomic E-state index is 10.9. The second kappa shape index (κ2) is 4.43. The number of nitrogens with two attached hydrogens (primary N) is 1. The molecule has 1 aromatic carbocycles. The predicted octanol–water partition coefficient (Wildman–Crippen LogP) is 0.215. The molecule has 18 heavy (non-hydrogen) atoms. The maximum absolute atomic E-state index is 10.9. The molecule has 5 nitrogen and oxygen atoms in total. The lowest BCUT2D eigenvalue weighted by Gasteiger charge is -2.10. The summed E-state index contributed by atoms with van der Waals surface area (Å²) in [4.78, 5) is 21.7. The first-order chi connectivity index (χ1) is 8.56. The van der Waals surface area contributed by atoms with Crippen LogP contribution in [-0.2, 0) is 16.0 Å². The Labute approximate surface area is 103 Å². The lowest BCUT2D eigenvalue weighted by Crippen LogP contribution is -2.21. The van der Waals surface area contributed by atoms with E-state index in [1.807, 2.05) is 6.07 Å². The summed E-state index contributed by atoms with van der Waals surface area (Å²) < 4.78 is 0. The summed E-state index contributed by atoms with van der Waals surface area (Å²) in [5.74, 6) is -0.878. The van der Waals surface area contributed by atoms with E-state index >= 15 is 0 Å². The summed E-state index contributed by atoms with van der Waals surface area (Å²) >= 11 is 0. The van der Waals surface area contributed by atoms with Crippen LogP contribution in [0.2, 0.25) is 0 Å². The first kappa shape index (κ1) is 12.0. The highest BCUT2D eigenvalue weighted by molar-refractivity contribution is 5.88. The monoisotopic (exact) mass is 242 g/mol. The SMILES string of the molecule is N#Cc1cc(C(O)C(N)=O)cc2c1CC(C=O)=C2. The Balaban J connectivity index is 2.55. The molecule has 0 aromatic heterocycles. The van der Waals surface area contributed by atoms with E-state index in [0.717, 1.165) is 11.8 Å². The smallest absolute Gasteiger partial charge is 0.250 e. The number of amides is 1. The summed E-state index contributed by atoms with van der Waals surface area (Å²) in [6.45, 7) is 0.